The van der Waals surface area contributed by atoms with Crippen molar-refractivity contribution in [3.05, 3.63) is 18.0 Å². The maximum Gasteiger partial charge on any atom is 0.136 e. The van der Waals surface area contributed by atoms with Crippen LogP contribution < -0.4 is 0 Å². The zero-order valence-corrected chi connectivity index (χ0v) is 14.0. The average Bonchev–Trinajstić information content (AvgIpc) is 2.06. The van der Waals surface area contributed by atoms with Crippen LogP contribution in [0.25, 0.3) is 0 Å². The van der Waals surface area contributed by atoms with Gasteiger partial charge in [-0.2, -0.15) is 0 Å². The molecule has 0 spiro atoms. The molecule has 0 amide bonds. The average molecular weight is 417 g/mol. The molecule has 0 atom stereocenters. The van der Waals surface area contributed by atoms with Crippen LogP contribution in [0.1, 0.15) is 0 Å². The van der Waals surface area contributed by atoms with Crippen molar-refractivity contribution in [2.75, 3.05) is 5.34 Å². The first-order valence-corrected chi connectivity index (χ1v) is 6.64. The summed E-state index contributed by atoms with van der Waals surface area (Å²) in [5.41, 5.74) is 0. The number of halogens is 10. The Labute approximate surface area is 138 Å². The van der Waals surface area contributed by atoms with Gasteiger partial charge < -0.3 is 0 Å². The predicted molar refractivity (Wildman–Crippen MR) is 77.4 cm³/mol. The fourth-order valence-corrected chi connectivity index (χ4v) is 0. The van der Waals surface area contributed by atoms with Gasteiger partial charge in [-0.05, 0) is 0 Å². The van der Waals surface area contributed by atoms with Crippen LogP contribution in [0.15, 0.2) is 18.0 Å². The maximum absolute atomic E-state index is 4.99. The summed E-state index contributed by atoms with van der Waals surface area (Å²) in [4.78, 5) is 0. The van der Waals surface area contributed by atoms with Crippen LogP contribution in [0.5, 0.6) is 0 Å². The highest BCUT2D eigenvalue weighted by Crippen LogP contribution is 2.20. The number of alkyl halides is 2. The highest BCUT2D eigenvalue weighted by atomic mass is 35.5. The molecule has 0 rings (SSSR count). The van der Waals surface area contributed by atoms with E-state index < -0.39 is 0 Å². The van der Waals surface area contributed by atoms with E-state index in [2.05, 4.69) is 0 Å². The largest absolute Gasteiger partial charge is 0.136 e. The summed E-state index contributed by atoms with van der Waals surface area (Å²) in [5, 5.41) is 0.194. The lowest BCUT2D eigenvalue weighted by atomic mass is 11.2. The third kappa shape index (κ3) is 31.4. The van der Waals surface area contributed by atoms with Crippen LogP contribution in [-0.4, -0.2) is 5.34 Å². The molecule has 0 heterocycles. The molecule has 0 radical (unpaired) electrons. The van der Waals surface area contributed by atoms with Gasteiger partial charge in [0.1, 0.15) is 18.0 Å². The molecule has 0 aromatic carbocycles. The van der Waals surface area contributed by atoms with Crippen molar-refractivity contribution in [3.63, 3.8) is 0 Å². The van der Waals surface area contributed by atoms with Crippen molar-refractivity contribution in [2.24, 2.45) is 0 Å². The Morgan fingerprint density at radius 1 is 0.467 bits per heavy atom. The molecular formula is C5H2Cl10. The van der Waals surface area contributed by atoms with E-state index in [1.165, 1.54) is 0 Å². The Morgan fingerprint density at radius 2 is 0.533 bits per heavy atom. The van der Waals surface area contributed by atoms with Gasteiger partial charge in [-0.3, -0.25) is 0 Å². The minimum atomic E-state index is -0.0988. The molecule has 0 aromatic rings. The standard InChI is InChI=1S/2C2Cl4.CH2Cl2/c2*3-1(4)2(5)6;2-1-3/h;;1H2. The van der Waals surface area contributed by atoms with E-state index >= 15 is 0 Å². The summed E-state index contributed by atoms with van der Waals surface area (Å²) in [5.74, 6) is 0. The van der Waals surface area contributed by atoms with Crippen molar-refractivity contribution < 1.29 is 0 Å². The van der Waals surface area contributed by atoms with Gasteiger partial charge >= 0.3 is 0 Å². The first-order valence-electron chi connectivity index (χ1n) is 2.55. The molecule has 0 saturated carbocycles. The quantitative estimate of drug-likeness (QED) is 0.357. The van der Waals surface area contributed by atoms with Gasteiger partial charge in [-0.15, -0.1) is 23.2 Å². The molecule has 15 heavy (non-hydrogen) atoms. The van der Waals surface area contributed by atoms with E-state index in [1.54, 1.807) is 0 Å². The lowest BCUT2D eigenvalue weighted by molar-refractivity contribution is 2.20. The van der Waals surface area contributed by atoms with Crippen LogP contribution in [0.4, 0.5) is 0 Å². The second kappa shape index (κ2) is 16.4. The third-order valence-electron chi connectivity index (χ3n) is 0.286. The van der Waals surface area contributed by atoms with Crippen molar-refractivity contribution >= 4 is 116 Å². The van der Waals surface area contributed by atoms with E-state index in [4.69, 9.17) is 116 Å². The first-order chi connectivity index (χ1) is 6.70. The van der Waals surface area contributed by atoms with Crippen molar-refractivity contribution in [2.45, 2.75) is 0 Å². The minimum absolute atomic E-state index is 0.0988. The number of hydrogen-bond acceptors (Lipinski definition) is 0. The van der Waals surface area contributed by atoms with Gasteiger partial charge in [0, 0.05) is 0 Å². The lowest BCUT2D eigenvalue weighted by Crippen LogP contribution is -1.47. The molecule has 0 bridgehead atoms. The Bertz CT molecular complexity index is 148. The molecule has 92 valence electrons. The van der Waals surface area contributed by atoms with Crippen molar-refractivity contribution in [1.82, 2.24) is 0 Å². The zero-order valence-electron chi connectivity index (χ0n) is 6.49. The Balaban J connectivity index is -0.000000153. The topological polar surface area (TPSA) is 0 Å². The molecule has 0 N–H and O–H groups in total. The second-order valence-electron chi connectivity index (χ2n) is 1.14. The molecule has 0 unspecified atom stereocenters. The Morgan fingerprint density at radius 3 is 0.533 bits per heavy atom. The number of hydrogen-bond donors (Lipinski definition) is 0. The molecule has 0 fully saturated rings. The van der Waals surface area contributed by atoms with Gasteiger partial charge in [-0.25, -0.2) is 0 Å². The molecule has 0 aliphatic rings. The molecular weight excluding hydrogens is 415 g/mol. The van der Waals surface area contributed by atoms with Crippen LogP contribution in [0, 0.1) is 0 Å². The highest BCUT2D eigenvalue weighted by molar-refractivity contribution is 6.68. The van der Waals surface area contributed by atoms with Crippen LogP contribution in [0.3, 0.4) is 0 Å². The Kier molecular flexibility index (Phi) is 24.6. The zero-order chi connectivity index (χ0) is 13.0. The van der Waals surface area contributed by atoms with Crippen LogP contribution >= 0.6 is 116 Å². The van der Waals surface area contributed by atoms with Gasteiger partial charge in [0.2, 0.25) is 0 Å². The maximum atomic E-state index is 4.99. The normalized spacial score (nSPS) is 7.60. The van der Waals surface area contributed by atoms with Crippen LogP contribution in [0.2, 0.25) is 0 Å². The number of rotatable bonds is 0. The van der Waals surface area contributed by atoms with Gasteiger partial charge in [0.25, 0.3) is 0 Å². The molecule has 0 aliphatic heterocycles. The first kappa shape index (κ1) is 22.6. The fraction of sp³-hybridized carbons (Fsp3) is 0.200. The van der Waals surface area contributed by atoms with Gasteiger partial charge in [0.05, 0.1) is 5.34 Å². The highest BCUT2D eigenvalue weighted by Gasteiger charge is 1.88. The van der Waals surface area contributed by atoms with Crippen molar-refractivity contribution in [1.29, 1.82) is 0 Å². The van der Waals surface area contributed by atoms with E-state index in [-0.39, 0.29) is 23.3 Å². The fourth-order valence-electron chi connectivity index (χ4n) is 0. The summed E-state index contributed by atoms with van der Waals surface area (Å²) in [7, 11) is 0. The smallest absolute Gasteiger partial charge is 0.109 e. The van der Waals surface area contributed by atoms with E-state index in [0.717, 1.165) is 0 Å². The summed E-state index contributed by atoms with van der Waals surface area (Å²) in [6, 6.07) is 0. The van der Waals surface area contributed by atoms with E-state index in [0.29, 0.717) is 0 Å². The van der Waals surface area contributed by atoms with Gasteiger partial charge in [-0.1, -0.05) is 92.8 Å². The van der Waals surface area contributed by atoms with Gasteiger partial charge in [0.15, 0.2) is 0 Å². The monoisotopic (exact) mass is 412 g/mol. The second-order valence-corrected chi connectivity index (χ2v) is 5.75. The van der Waals surface area contributed by atoms with Crippen molar-refractivity contribution in [3.8, 4) is 0 Å². The van der Waals surface area contributed by atoms with Crippen LogP contribution in [-0.2, 0) is 0 Å². The summed E-state index contributed by atoms with van der Waals surface area (Å²) >= 11 is 49.5. The Hall–Kier alpha value is 2.38. The molecule has 0 nitrogen and oxygen atoms in total. The third-order valence-corrected chi connectivity index (χ3v) is 2.57. The summed E-state index contributed by atoms with van der Waals surface area (Å²) in [6.45, 7) is 0. The molecule has 0 aliphatic carbocycles. The summed E-state index contributed by atoms with van der Waals surface area (Å²) < 4.78 is -0.395. The van der Waals surface area contributed by atoms with E-state index in [1.807, 2.05) is 0 Å². The molecule has 0 aromatic heterocycles. The lowest BCUT2D eigenvalue weighted by Gasteiger charge is -1.75. The SMILES string of the molecule is ClC(Cl)=C(Cl)Cl.ClC(Cl)=C(Cl)Cl.ClCCl. The summed E-state index contributed by atoms with van der Waals surface area (Å²) in [6.07, 6.45) is 0. The molecule has 0 saturated heterocycles. The molecule has 10 heteroatoms. The minimum Gasteiger partial charge on any atom is -0.109 e. The van der Waals surface area contributed by atoms with E-state index in [9.17, 15) is 0 Å². The predicted octanol–water partition coefficient (Wildman–Crippen LogP) is 7.56.